The smallest absolute Gasteiger partial charge is 0.307 e. The Labute approximate surface area is 117 Å². The zero-order valence-corrected chi connectivity index (χ0v) is 13.2. The number of rotatable bonds is 6. The first-order valence-electron chi connectivity index (χ1n) is 7.23. The minimum atomic E-state index is -0.396. The number of esters is 1. The molecule has 1 rings (SSSR count). The van der Waals surface area contributed by atoms with Gasteiger partial charge in [-0.1, -0.05) is 13.8 Å². The lowest BCUT2D eigenvalue weighted by atomic mass is 9.64. The SMILES string of the molecule is CCOC1CC(NCCC(=O)OC(C)(C)C)C1(C)C. The number of hydrogen-bond donors (Lipinski definition) is 1. The van der Waals surface area contributed by atoms with Gasteiger partial charge in [0.25, 0.3) is 0 Å². The topological polar surface area (TPSA) is 47.6 Å². The molecule has 0 radical (unpaired) electrons. The third-order valence-corrected chi connectivity index (χ3v) is 3.69. The summed E-state index contributed by atoms with van der Waals surface area (Å²) < 4.78 is 11.0. The van der Waals surface area contributed by atoms with E-state index in [1.165, 1.54) is 0 Å². The van der Waals surface area contributed by atoms with Gasteiger partial charge in [0.05, 0.1) is 12.5 Å². The summed E-state index contributed by atoms with van der Waals surface area (Å²) in [6.45, 7) is 13.5. The van der Waals surface area contributed by atoms with E-state index in [4.69, 9.17) is 9.47 Å². The fraction of sp³-hybridized carbons (Fsp3) is 0.933. The molecule has 0 aromatic heterocycles. The van der Waals surface area contributed by atoms with E-state index in [9.17, 15) is 4.79 Å². The summed E-state index contributed by atoms with van der Waals surface area (Å²) in [7, 11) is 0. The van der Waals surface area contributed by atoms with Crippen LogP contribution in [0.3, 0.4) is 0 Å². The number of carbonyl (C=O) groups excluding carboxylic acids is 1. The Bertz CT molecular complexity index is 307. The highest BCUT2D eigenvalue weighted by atomic mass is 16.6. The standard InChI is InChI=1S/C15H29NO3/c1-7-18-12-10-11(15(12,5)6)16-9-8-13(17)19-14(2,3)4/h11-12,16H,7-10H2,1-6H3. The van der Waals surface area contributed by atoms with Crippen LogP contribution in [0.15, 0.2) is 0 Å². The molecule has 0 saturated heterocycles. The Morgan fingerprint density at radius 3 is 2.47 bits per heavy atom. The van der Waals surface area contributed by atoms with Crippen molar-refractivity contribution in [1.29, 1.82) is 0 Å². The highest BCUT2D eigenvalue weighted by molar-refractivity contribution is 5.70. The summed E-state index contributed by atoms with van der Waals surface area (Å²) >= 11 is 0. The van der Waals surface area contributed by atoms with E-state index in [0.29, 0.717) is 25.1 Å². The van der Waals surface area contributed by atoms with Crippen molar-refractivity contribution >= 4 is 5.97 Å². The van der Waals surface area contributed by atoms with E-state index in [2.05, 4.69) is 19.2 Å². The number of ether oxygens (including phenoxy) is 2. The minimum Gasteiger partial charge on any atom is -0.460 e. The van der Waals surface area contributed by atoms with Gasteiger partial charge in [0.1, 0.15) is 5.60 Å². The maximum atomic E-state index is 11.6. The van der Waals surface area contributed by atoms with Crippen molar-refractivity contribution in [3.05, 3.63) is 0 Å². The highest BCUT2D eigenvalue weighted by Crippen LogP contribution is 2.42. The summed E-state index contributed by atoms with van der Waals surface area (Å²) in [4.78, 5) is 11.6. The molecule has 0 bridgehead atoms. The largest absolute Gasteiger partial charge is 0.460 e. The first-order valence-corrected chi connectivity index (χ1v) is 7.23. The average molecular weight is 271 g/mol. The first-order chi connectivity index (χ1) is 8.66. The quantitative estimate of drug-likeness (QED) is 0.754. The van der Waals surface area contributed by atoms with Gasteiger partial charge in [0.15, 0.2) is 0 Å². The lowest BCUT2D eigenvalue weighted by molar-refractivity contribution is -0.155. The van der Waals surface area contributed by atoms with Gasteiger partial charge in [0, 0.05) is 24.6 Å². The van der Waals surface area contributed by atoms with Crippen LogP contribution >= 0.6 is 0 Å². The van der Waals surface area contributed by atoms with Gasteiger partial charge in [-0.15, -0.1) is 0 Å². The van der Waals surface area contributed by atoms with E-state index >= 15 is 0 Å². The molecule has 112 valence electrons. The van der Waals surface area contributed by atoms with Crippen LogP contribution < -0.4 is 5.32 Å². The maximum absolute atomic E-state index is 11.6. The predicted molar refractivity (Wildman–Crippen MR) is 76.1 cm³/mol. The highest BCUT2D eigenvalue weighted by Gasteiger charge is 2.48. The fourth-order valence-corrected chi connectivity index (χ4v) is 2.46. The van der Waals surface area contributed by atoms with Crippen LogP contribution in [0.2, 0.25) is 0 Å². The first kappa shape index (κ1) is 16.4. The molecule has 0 spiro atoms. The summed E-state index contributed by atoms with van der Waals surface area (Å²) in [6.07, 6.45) is 1.77. The van der Waals surface area contributed by atoms with Gasteiger partial charge in [0.2, 0.25) is 0 Å². The molecule has 0 aliphatic heterocycles. The molecule has 4 nitrogen and oxygen atoms in total. The number of nitrogens with one attached hydrogen (secondary N) is 1. The molecule has 1 N–H and O–H groups in total. The van der Waals surface area contributed by atoms with Gasteiger partial charge in [-0.3, -0.25) is 4.79 Å². The van der Waals surface area contributed by atoms with Crippen LogP contribution in [0.25, 0.3) is 0 Å². The van der Waals surface area contributed by atoms with Gasteiger partial charge in [-0.25, -0.2) is 0 Å². The van der Waals surface area contributed by atoms with Gasteiger partial charge in [-0.05, 0) is 34.1 Å². The molecule has 0 heterocycles. The molecule has 19 heavy (non-hydrogen) atoms. The van der Waals surface area contributed by atoms with E-state index in [-0.39, 0.29) is 11.4 Å². The summed E-state index contributed by atoms with van der Waals surface area (Å²) in [5, 5.41) is 3.43. The second kappa shape index (κ2) is 6.23. The monoisotopic (exact) mass is 271 g/mol. The lowest BCUT2D eigenvalue weighted by Crippen LogP contribution is -2.61. The van der Waals surface area contributed by atoms with Gasteiger partial charge < -0.3 is 14.8 Å². The Kier molecular flexibility index (Phi) is 5.39. The van der Waals surface area contributed by atoms with Crippen LogP contribution in [0, 0.1) is 5.41 Å². The van der Waals surface area contributed by atoms with E-state index < -0.39 is 5.60 Å². The van der Waals surface area contributed by atoms with Crippen molar-refractivity contribution in [2.24, 2.45) is 5.41 Å². The van der Waals surface area contributed by atoms with Crippen LogP contribution in [0.4, 0.5) is 0 Å². The molecule has 0 aromatic carbocycles. The molecular weight excluding hydrogens is 242 g/mol. The Hall–Kier alpha value is -0.610. The Balaban J connectivity index is 2.23. The molecule has 1 aliphatic carbocycles. The van der Waals surface area contributed by atoms with Crippen LogP contribution in [-0.4, -0.2) is 36.9 Å². The zero-order chi connectivity index (χ0) is 14.7. The summed E-state index contributed by atoms with van der Waals surface area (Å²) in [6, 6.07) is 0.423. The van der Waals surface area contributed by atoms with Crippen molar-refractivity contribution in [2.75, 3.05) is 13.2 Å². The third kappa shape index (κ3) is 4.77. The lowest BCUT2D eigenvalue weighted by Gasteiger charge is -2.52. The summed E-state index contributed by atoms with van der Waals surface area (Å²) in [5.41, 5.74) is -0.253. The maximum Gasteiger partial charge on any atom is 0.307 e. The van der Waals surface area contributed by atoms with E-state index in [0.717, 1.165) is 13.0 Å². The average Bonchev–Trinajstić information content (AvgIpc) is 2.24. The molecule has 1 saturated carbocycles. The third-order valence-electron chi connectivity index (χ3n) is 3.69. The molecular formula is C15H29NO3. The van der Waals surface area contributed by atoms with Crippen LogP contribution in [0.1, 0.15) is 54.4 Å². The second-order valence-corrected chi connectivity index (χ2v) is 6.84. The van der Waals surface area contributed by atoms with Gasteiger partial charge in [-0.2, -0.15) is 0 Å². The normalized spacial score (nSPS) is 25.8. The predicted octanol–water partition coefficient (Wildman–Crippen LogP) is 2.51. The van der Waals surface area contributed by atoms with E-state index in [1.54, 1.807) is 0 Å². The zero-order valence-electron chi connectivity index (χ0n) is 13.2. The molecule has 0 aromatic rings. The fourth-order valence-electron chi connectivity index (χ4n) is 2.46. The van der Waals surface area contributed by atoms with Crippen LogP contribution in [0.5, 0.6) is 0 Å². The molecule has 0 amide bonds. The van der Waals surface area contributed by atoms with Crippen molar-refractivity contribution < 1.29 is 14.3 Å². The molecule has 1 aliphatic rings. The van der Waals surface area contributed by atoms with Crippen molar-refractivity contribution in [3.8, 4) is 0 Å². The molecule has 1 fully saturated rings. The Morgan fingerprint density at radius 2 is 2.00 bits per heavy atom. The van der Waals surface area contributed by atoms with Crippen molar-refractivity contribution in [2.45, 2.75) is 72.1 Å². The Morgan fingerprint density at radius 1 is 1.37 bits per heavy atom. The second-order valence-electron chi connectivity index (χ2n) is 6.84. The number of hydrogen-bond acceptors (Lipinski definition) is 4. The minimum absolute atomic E-state index is 0.140. The molecule has 2 atom stereocenters. The van der Waals surface area contributed by atoms with Crippen LogP contribution in [-0.2, 0) is 14.3 Å². The van der Waals surface area contributed by atoms with E-state index in [1.807, 2.05) is 27.7 Å². The molecule has 4 heteroatoms. The molecule has 2 unspecified atom stereocenters. The van der Waals surface area contributed by atoms with Crippen molar-refractivity contribution in [1.82, 2.24) is 5.32 Å². The number of carbonyl (C=O) groups is 1. The van der Waals surface area contributed by atoms with Gasteiger partial charge >= 0.3 is 5.97 Å². The summed E-state index contributed by atoms with van der Waals surface area (Å²) in [5.74, 6) is -0.140. The van der Waals surface area contributed by atoms with Crippen molar-refractivity contribution in [3.63, 3.8) is 0 Å².